The summed E-state index contributed by atoms with van der Waals surface area (Å²) < 4.78 is 53.0. The van der Waals surface area contributed by atoms with E-state index >= 15 is 0 Å². The van der Waals surface area contributed by atoms with Crippen molar-refractivity contribution in [2.24, 2.45) is 35.5 Å². The van der Waals surface area contributed by atoms with Crippen LogP contribution in [0.5, 0.6) is 0 Å². The summed E-state index contributed by atoms with van der Waals surface area (Å²) in [6, 6.07) is 25.0. The first-order chi connectivity index (χ1) is 33.0. The lowest BCUT2D eigenvalue weighted by molar-refractivity contribution is -0.459. The fourth-order valence-electron chi connectivity index (χ4n) is 13.6. The highest BCUT2D eigenvalue weighted by molar-refractivity contribution is 5.90. The van der Waals surface area contributed by atoms with Gasteiger partial charge in [0.05, 0.1) is 35.5 Å². The Hall–Kier alpha value is -5.04. The first-order valence-corrected chi connectivity index (χ1v) is 24.0. The molecule has 7 aliphatic rings. The standard InChI is InChI=1S/C53H60O16/c1-28(2)49-25-35(26-62-31(5)55)52-40-43(49)67-53(68-49,69-52)38(56)23-15-22-36(63-45(57)32-16-9-6-10-17-32)37(64-46(58)33-18-11-7-12-19-33)24-29(3)39-30(4)42(65-47(59)34-20-13-8-14-21-34)51(61,41(39)52)48(60)50(27-54)44(40)66-50/h6-14,16-21,29-30,35-44,48,54,56,60-61H,1,15,22-27H2,2-5H3/t29-,30+,35+,36-,37+,38+,39+,40-,41-,42?,43-,44+,48-,49-,50+,51-,52-,53-/m1/s1. The second-order valence-electron chi connectivity index (χ2n) is 20.4. The van der Waals surface area contributed by atoms with Gasteiger partial charge in [-0.05, 0) is 98.8 Å². The summed E-state index contributed by atoms with van der Waals surface area (Å²) in [5, 5.41) is 51.3. The van der Waals surface area contributed by atoms with Crippen LogP contribution >= 0.6 is 0 Å². The summed E-state index contributed by atoms with van der Waals surface area (Å²) in [6.45, 7) is 10.00. The predicted octanol–water partition coefficient (Wildman–Crippen LogP) is 4.70. The highest BCUT2D eigenvalue weighted by Gasteiger charge is 2.91. The first kappa shape index (κ1) is 47.6. The lowest BCUT2D eigenvalue weighted by Gasteiger charge is -2.62. The van der Waals surface area contributed by atoms with Crippen molar-refractivity contribution < 1.29 is 77.5 Å². The number of epoxide rings is 1. The van der Waals surface area contributed by atoms with Crippen LogP contribution in [0.3, 0.4) is 0 Å². The van der Waals surface area contributed by atoms with Crippen LogP contribution in [0.15, 0.2) is 103 Å². The zero-order chi connectivity index (χ0) is 48.8. The van der Waals surface area contributed by atoms with E-state index in [9.17, 15) is 39.6 Å². The molecule has 4 N–H and O–H groups in total. The van der Waals surface area contributed by atoms with Gasteiger partial charge < -0.3 is 58.3 Å². The van der Waals surface area contributed by atoms with Gasteiger partial charge in [0.15, 0.2) is 0 Å². The molecular weight excluding hydrogens is 893 g/mol. The molecule has 4 heterocycles. The summed E-state index contributed by atoms with van der Waals surface area (Å²) in [6.07, 6.45) is -9.17. The average Bonchev–Trinajstić information content (AvgIpc) is 3.98. The number of hydrogen-bond acceptors (Lipinski definition) is 16. The van der Waals surface area contributed by atoms with E-state index in [1.165, 1.54) is 6.92 Å². The van der Waals surface area contributed by atoms with Crippen molar-refractivity contribution in [2.45, 2.75) is 131 Å². The molecule has 7 fully saturated rings. The van der Waals surface area contributed by atoms with E-state index in [0.29, 0.717) is 5.57 Å². The topological polar surface area (TPSA) is 226 Å². The predicted molar refractivity (Wildman–Crippen MR) is 241 cm³/mol. The van der Waals surface area contributed by atoms with Gasteiger partial charge >= 0.3 is 29.9 Å². The summed E-state index contributed by atoms with van der Waals surface area (Å²) in [7, 11) is 0. The van der Waals surface area contributed by atoms with Gasteiger partial charge in [-0.3, -0.25) is 4.79 Å². The van der Waals surface area contributed by atoms with Crippen molar-refractivity contribution in [3.8, 4) is 0 Å². The summed E-state index contributed by atoms with van der Waals surface area (Å²) >= 11 is 0. The zero-order valence-electron chi connectivity index (χ0n) is 39.0. The maximum absolute atomic E-state index is 14.3. The lowest BCUT2D eigenvalue weighted by Crippen LogP contribution is -2.75. The van der Waals surface area contributed by atoms with Gasteiger partial charge in [0.1, 0.15) is 59.5 Å². The minimum absolute atomic E-state index is 0.00258. The third kappa shape index (κ3) is 7.22. The molecule has 1 unspecified atom stereocenters. The Labute approximate surface area is 399 Å². The lowest BCUT2D eigenvalue weighted by atomic mass is 9.51. The number of benzene rings is 3. The second-order valence-corrected chi connectivity index (χ2v) is 20.4. The van der Waals surface area contributed by atoms with Crippen molar-refractivity contribution in [2.75, 3.05) is 13.2 Å². The number of fused-ring (bicyclic) bond motifs is 1. The Balaban J connectivity index is 1.19. The van der Waals surface area contributed by atoms with Gasteiger partial charge in [0, 0.05) is 24.7 Å². The molecule has 4 aliphatic heterocycles. The van der Waals surface area contributed by atoms with Crippen LogP contribution in [0.2, 0.25) is 0 Å². The molecule has 0 amide bonds. The number of esters is 4. The second kappa shape index (κ2) is 17.4. The summed E-state index contributed by atoms with van der Waals surface area (Å²) in [5.74, 6) is -10.6. The maximum atomic E-state index is 14.3. The average molecular weight is 953 g/mol. The normalized spacial score (nSPS) is 42.5. The van der Waals surface area contributed by atoms with Crippen LogP contribution in [0.4, 0.5) is 0 Å². The highest BCUT2D eigenvalue weighted by atomic mass is 16.9. The number of aliphatic hydroxyl groups is 4. The number of carbonyl (C=O) groups is 4. The Morgan fingerprint density at radius 2 is 1.32 bits per heavy atom. The number of carbonyl (C=O) groups excluding carboxylic acids is 4. The Bertz CT molecular complexity index is 2470. The van der Waals surface area contributed by atoms with E-state index in [-0.39, 0.29) is 55.4 Å². The Morgan fingerprint density at radius 3 is 1.87 bits per heavy atom. The number of aliphatic hydroxyl groups excluding tert-OH is 3. The van der Waals surface area contributed by atoms with Crippen molar-refractivity contribution in [1.29, 1.82) is 0 Å². The minimum atomic E-state index is -2.52. The largest absolute Gasteiger partial charge is 0.465 e. The molecule has 3 aromatic rings. The maximum Gasteiger partial charge on any atom is 0.338 e. The van der Waals surface area contributed by atoms with Crippen LogP contribution in [-0.2, 0) is 42.7 Å². The van der Waals surface area contributed by atoms with Gasteiger partial charge in [0.2, 0.25) is 0 Å². The van der Waals surface area contributed by atoms with E-state index in [4.69, 9.17) is 37.9 Å². The van der Waals surface area contributed by atoms with E-state index < -0.39 is 137 Å². The molecule has 3 aliphatic carbocycles. The summed E-state index contributed by atoms with van der Waals surface area (Å²) in [4.78, 5) is 55.4. The summed E-state index contributed by atoms with van der Waals surface area (Å²) in [5.41, 5.74) is -6.43. The molecular formula is C53H60O16. The molecule has 16 heteroatoms. The third-order valence-electron chi connectivity index (χ3n) is 16.6. The van der Waals surface area contributed by atoms with Crippen molar-refractivity contribution in [1.82, 2.24) is 0 Å². The fraction of sp³-hybridized carbons (Fsp3) is 0.547. The minimum Gasteiger partial charge on any atom is -0.465 e. The molecule has 0 aromatic heterocycles. The molecule has 10 rings (SSSR count). The first-order valence-electron chi connectivity index (χ1n) is 24.0. The van der Waals surface area contributed by atoms with E-state index in [0.717, 1.165) is 0 Å². The molecule has 18 atom stereocenters. The SMILES string of the molecule is C=C(C)[C@]12C[C@@H](COC(C)=O)[C@@]34O[C@]5(O[C@@H]1[C@@H]3[C@@H]1O[C@]1(CO)[C@@H](O)[C@]1(O)C(OC(=O)c3ccccc3)[C@@H](C)[C@H]([C@H](C)C[C@H](OC(=O)c3ccccc3)[C@H](OC(=O)c3ccccc3)CCC[C@@H]5O)[C@H]14)O2. The van der Waals surface area contributed by atoms with E-state index in [1.54, 1.807) is 105 Å². The van der Waals surface area contributed by atoms with Gasteiger partial charge in [0.25, 0.3) is 0 Å². The number of ether oxygens (including phenoxy) is 8. The molecule has 69 heavy (non-hydrogen) atoms. The molecule has 4 saturated heterocycles. The van der Waals surface area contributed by atoms with Gasteiger partial charge in [-0.2, -0.15) is 0 Å². The smallest absolute Gasteiger partial charge is 0.338 e. The molecule has 2 spiro atoms. The van der Waals surface area contributed by atoms with Crippen molar-refractivity contribution >= 4 is 23.9 Å². The van der Waals surface area contributed by atoms with E-state index in [2.05, 4.69) is 6.58 Å². The molecule has 3 bridgehead atoms. The zero-order valence-corrected chi connectivity index (χ0v) is 39.0. The van der Waals surface area contributed by atoms with Crippen molar-refractivity contribution in [3.05, 3.63) is 120 Å². The highest BCUT2D eigenvalue weighted by Crippen LogP contribution is 2.76. The molecule has 368 valence electrons. The quantitative estimate of drug-likeness (QED) is 0.0935. The molecule has 3 aromatic carbocycles. The van der Waals surface area contributed by atoms with Gasteiger partial charge in [-0.1, -0.05) is 75.0 Å². The van der Waals surface area contributed by atoms with Crippen LogP contribution in [0.1, 0.15) is 90.9 Å². The van der Waals surface area contributed by atoms with Crippen LogP contribution in [-0.4, -0.2) is 129 Å². The fourth-order valence-corrected chi connectivity index (χ4v) is 13.6. The Kier molecular flexibility index (Phi) is 12.0. The monoisotopic (exact) mass is 952 g/mol. The van der Waals surface area contributed by atoms with Crippen LogP contribution in [0, 0.1) is 35.5 Å². The van der Waals surface area contributed by atoms with Crippen molar-refractivity contribution in [3.63, 3.8) is 0 Å². The third-order valence-corrected chi connectivity index (χ3v) is 16.6. The Morgan fingerprint density at radius 1 is 0.754 bits per heavy atom. The van der Waals surface area contributed by atoms with Crippen LogP contribution in [0.25, 0.3) is 0 Å². The van der Waals surface area contributed by atoms with Gasteiger partial charge in [-0.25, -0.2) is 14.4 Å². The molecule has 0 radical (unpaired) electrons. The van der Waals surface area contributed by atoms with E-state index in [1.807, 2.05) is 6.92 Å². The van der Waals surface area contributed by atoms with Crippen LogP contribution < -0.4 is 0 Å². The molecule has 16 nitrogen and oxygen atoms in total. The molecule has 3 saturated carbocycles. The number of hydrogen-bond donors (Lipinski definition) is 4. The number of rotatable bonds is 10. The van der Waals surface area contributed by atoms with Gasteiger partial charge in [-0.15, -0.1) is 0 Å².